The van der Waals surface area contributed by atoms with E-state index in [9.17, 15) is 18.0 Å². The topological polar surface area (TPSA) is 42.0 Å². The molecule has 1 fully saturated rings. The number of hydrogen-bond donors (Lipinski definition) is 1. The Morgan fingerprint density at radius 1 is 1.23 bits per heavy atom. The summed E-state index contributed by atoms with van der Waals surface area (Å²) in [7, 11) is 0. The predicted octanol–water partition coefficient (Wildman–Crippen LogP) is 5.07. The minimum atomic E-state index is -4.46. The number of rotatable bonds is 6. The Bertz CT molecular complexity index is 773. The number of pyridine rings is 1. The summed E-state index contributed by atoms with van der Waals surface area (Å²) in [6, 6.07) is 9.17. The van der Waals surface area contributed by atoms with Crippen molar-refractivity contribution in [1.82, 2.24) is 10.3 Å². The number of alkyl halides is 3. The lowest BCUT2D eigenvalue weighted by Crippen LogP contribution is -2.29. The second-order valence-corrected chi connectivity index (χ2v) is 6.95. The monoisotopic (exact) mass is 382 g/mol. The Morgan fingerprint density at radius 2 is 1.96 bits per heavy atom. The van der Waals surface area contributed by atoms with E-state index in [4.69, 9.17) is 11.6 Å². The first-order valence-corrected chi connectivity index (χ1v) is 8.78. The molecule has 1 aliphatic carbocycles. The van der Waals surface area contributed by atoms with Gasteiger partial charge >= 0.3 is 6.18 Å². The minimum Gasteiger partial charge on any atom is -0.351 e. The lowest BCUT2D eigenvalue weighted by Gasteiger charge is -2.18. The van der Waals surface area contributed by atoms with Crippen LogP contribution in [-0.4, -0.2) is 17.4 Å². The van der Waals surface area contributed by atoms with E-state index < -0.39 is 11.9 Å². The molecule has 1 aliphatic rings. The molecule has 0 radical (unpaired) electrons. The Kier molecular flexibility index (Phi) is 5.51. The van der Waals surface area contributed by atoms with E-state index in [1.54, 1.807) is 24.3 Å². The molecular weight excluding hydrogens is 365 g/mol. The van der Waals surface area contributed by atoms with Gasteiger partial charge in [0.1, 0.15) is 5.69 Å². The van der Waals surface area contributed by atoms with Gasteiger partial charge in [-0.15, -0.1) is 0 Å². The van der Waals surface area contributed by atoms with E-state index in [0.717, 1.165) is 25.3 Å². The summed E-state index contributed by atoms with van der Waals surface area (Å²) in [5.74, 6) is 0.180. The van der Waals surface area contributed by atoms with Crippen LogP contribution in [0.5, 0.6) is 0 Å². The van der Waals surface area contributed by atoms with Crippen LogP contribution in [0.2, 0.25) is 5.02 Å². The molecule has 0 saturated heterocycles. The van der Waals surface area contributed by atoms with E-state index >= 15 is 0 Å². The fourth-order valence-corrected chi connectivity index (χ4v) is 3.09. The van der Waals surface area contributed by atoms with Crippen LogP contribution in [-0.2, 0) is 6.18 Å². The smallest absolute Gasteiger partial charge is 0.351 e. The normalized spacial score (nSPS) is 15.5. The molecule has 7 heteroatoms. The van der Waals surface area contributed by atoms with Crippen LogP contribution in [0.3, 0.4) is 0 Å². The van der Waals surface area contributed by atoms with E-state index in [2.05, 4.69) is 10.3 Å². The van der Waals surface area contributed by atoms with Crippen LogP contribution in [0.1, 0.15) is 46.8 Å². The van der Waals surface area contributed by atoms with Crippen molar-refractivity contribution in [3.63, 3.8) is 0 Å². The summed E-state index contributed by atoms with van der Waals surface area (Å²) >= 11 is 6.03. The van der Waals surface area contributed by atoms with Gasteiger partial charge in [-0.2, -0.15) is 13.2 Å². The molecule has 1 heterocycles. The summed E-state index contributed by atoms with van der Waals surface area (Å²) < 4.78 is 38.1. The second kappa shape index (κ2) is 7.66. The molecule has 0 aliphatic heterocycles. The molecule has 1 amide bonds. The fraction of sp³-hybridized carbons (Fsp3) is 0.368. The highest BCUT2D eigenvalue weighted by Crippen LogP contribution is 2.38. The Hall–Kier alpha value is -2.08. The summed E-state index contributed by atoms with van der Waals surface area (Å²) in [6.45, 7) is 0.327. The zero-order chi connectivity index (χ0) is 18.7. The van der Waals surface area contributed by atoms with Gasteiger partial charge in [-0.25, -0.2) is 0 Å². The maximum absolute atomic E-state index is 12.7. The molecule has 138 valence electrons. The minimum absolute atomic E-state index is 0.0799. The summed E-state index contributed by atoms with van der Waals surface area (Å²) in [6.07, 6.45) is -0.151. The molecule has 1 aromatic heterocycles. The fourth-order valence-electron chi connectivity index (χ4n) is 2.86. The Morgan fingerprint density at radius 3 is 2.54 bits per heavy atom. The largest absolute Gasteiger partial charge is 0.433 e. The highest BCUT2D eigenvalue weighted by molar-refractivity contribution is 6.33. The highest BCUT2D eigenvalue weighted by atomic mass is 35.5. The van der Waals surface area contributed by atoms with Crippen molar-refractivity contribution in [2.45, 2.75) is 31.4 Å². The van der Waals surface area contributed by atoms with Crippen LogP contribution in [0.15, 0.2) is 42.6 Å². The van der Waals surface area contributed by atoms with Gasteiger partial charge < -0.3 is 5.32 Å². The number of carbonyl (C=O) groups is 1. The lowest BCUT2D eigenvalue weighted by molar-refractivity contribution is -0.141. The molecular formula is C19H18ClF3N2O. The third-order valence-corrected chi connectivity index (χ3v) is 4.82. The number of nitrogens with zero attached hydrogens (tertiary/aromatic N) is 1. The van der Waals surface area contributed by atoms with E-state index in [1.165, 1.54) is 12.3 Å². The molecule has 26 heavy (non-hydrogen) atoms. The van der Waals surface area contributed by atoms with Crippen LogP contribution in [0.25, 0.3) is 0 Å². The molecule has 1 atom stereocenters. The number of carbonyl (C=O) groups excluding carboxylic acids is 1. The summed E-state index contributed by atoms with van der Waals surface area (Å²) in [5, 5.41) is 3.20. The maximum atomic E-state index is 12.7. The number of amides is 1. The molecule has 1 aromatic carbocycles. The first-order chi connectivity index (χ1) is 12.3. The van der Waals surface area contributed by atoms with Crippen LogP contribution in [0, 0.1) is 5.92 Å². The first-order valence-electron chi connectivity index (χ1n) is 8.40. The summed E-state index contributed by atoms with van der Waals surface area (Å²) in [4.78, 5) is 15.9. The number of nitrogens with one attached hydrogen (secondary N) is 1. The molecule has 0 bridgehead atoms. The molecule has 1 N–H and O–H groups in total. The number of hydrogen-bond acceptors (Lipinski definition) is 2. The Labute approximate surface area is 154 Å². The van der Waals surface area contributed by atoms with Crippen molar-refractivity contribution in [1.29, 1.82) is 0 Å². The van der Waals surface area contributed by atoms with Crippen molar-refractivity contribution in [2.75, 3.05) is 6.54 Å². The predicted molar refractivity (Wildman–Crippen MR) is 93.1 cm³/mol. The van der Waals surface area contributed by atoms with Gasteiger partial charge in [-0.1, -0.05) is 42.6 Å². The van der Waals surface area contributed by atoms with Gasteiger partial charge in [0, 0.05) is 18.7 Å². The number of halogens is 4. The van der Waals surface area contributed by atoms with Crippen molar-refractivity contribution >= 4 is 17.5 Å². The average Bonchev–Trinajstić information content (AvgIpc) is 3.42. The van der Waals surface area contributed by atoms with Gasteiger partial charge in [0.15, 0.2) is 0 Å². The quantitative estimate of drug-likeness (QED) is 0.758. The first kappa shape index (κ1) is 18.7. The van der Waals surface area contributed by atoms with Crippen molar-refractivity contribution in [3.8, 4) is 0 Å². The highest BCUT2D eigenvalue weighted by Gasteiger charge is 2.33. The van der Waals surface area contributed by atoms with E-state index in [0.29, 0.717) is 28.6 Å². The van der Waals surface area contributed by atoms with Gasteiger partial charge in [0.05, 0.1) is 10.6 Å². The van der Waals surface area contributed by atoms with Crippen LogP contribution >= 0.6 is 11.6 Å². The zero-order valence-corrected chi connectivity index (χ0v) is 14.6. The van der Waals surface area contributed by atoms with Gasteiger partial charge in [-0.3, -0.25) is 9.78 Å². The second-order valence-electron chi connectivity index (χ2n) is 6.54. The average molecular weight is 383 g/mol. The third kappa shape index (κ3) is 4.75. The molecule has 0 spiro atoms. The van der Waals surface area contributed by atoms with E-state index in [1.807, 2.05) is 0 Å². The molecule has 3 rings (SSSR count). The summed E-state index contributed by atoms with van der Waals surface area (Å²) in [5.41, 5.74) is 0.167. The third-order valence-electron chi connectivity index (χ3n) is 4.49. The maximum Gasteiger partial charge on any atom is 0.433 e. The van der Waals surface area contributed by atoms with Crippen molar-refractivity contribution < 1.29 is 18.0 Å². The Balaban J connectivity index is 1.70. The number of benzene rings is 1. The molecule has 1 saturated carbocycles. The standard InChI is InChI=1S/C19H18ClF3N2O/c20-16-4-2-1-3-15(16)18(26)25-11-14(9-12-5-6-12)13-7-8-17(24-10-13)19(21,22)23/h1-4,7-8,10,12,14H,5-6,9,11H2,(H,25,26). The molecule has 3 nitrogen and oxygen atoms in total. The molecule has 1 unspecified atom stereocenters. The number of aromatic nitrogens is 1. The van der Waals surface area contributed by atoms with Gasteiger partial charge in [-0.05, 0) is 36.1 Å². The van der Waals surface area contributed by atoms with Gasteiger partial charge in [0.2, 0.25) is 0 Å². The van der Waals surface area contributed by atoms with Crippen LogP contribution < -0.4 is 5.32 Å². The zero-order valence-electron chi connectivity index (χ0n) is 13.9. The van der Waals surface area contributed by atoms with Crippen molar-refractivity contribution in [3.05, 3.63) is 64.4 Å². The molecule has 2 aromatic rings. The van der Waals surface area contributed by atoms with Crippen molar-refractivity contribution in [2.24, 2.45) is 5.92 Å². The lowest BCUT2D eigenvalue weighted by atomic mass is 9.94. The van der Waals surface area contributed by atoms with Gasteiger partial charge in [0.25, 0.3) is 5.91 Å². The van der Waals surface area contributed by atoms with E-state index in [-0.39, 0.29) is 11.8 Å². The SMILES string of the molecule is O=C(NCC(CC1CC1)c1ccc(C(F)(F)F)nc1)c1ccccc1Cl. The van der Waals surface area contributed by atoms with Crippen LogP contribution in [0.4, 0.5) is 13.2 Å².